The van der Waals surface area contributed by atoms with E-state index in [1.54, 1.807) is 20.8 Å². The van der Waals surface area contributed by atoms with Gasteiger partial charge in [0.2, 0.25) is 5.91 Å². The molecule has 0 saturated heterocycles. The van der Waals surface area contributed by atoms with E-state index in [1.807, 2.05) is 18.5 Å². The molecule has 234 valence electrons. The first-order valence-electron chi connectivity index (χ1n) is 15.7. The van der Waals surface area contributed by atoms with Gasteiger partial charge in [-0.2, -0.15) is 0 Å². The highest BCUT2D eigenvalue weighted by atomic mass is 16.6. The number of esters is 1. The van der Waals surface area contributed by atoms with Crippen molar-refractivity contribution in [3.8, 4) is 0 Å². The molecule has 0 spiro atoms. The molecular weight excluding hydrogens is 546 g/mol. The Morgan fingerprint density at radius 2 is 1.86 bits per heavy atom. The van der Waals surface area contributed by atoms with Crippen LogP contribution in [-0.4, -0.2) is 59.0 Å². The smallest absolute Gasteiger partial charge is 0.408 e. The molecule has 1 aromatic rings. The fourth-order valence-corrected chi connectivity index (χ4v) is 8.42. The zero-order valence-electron chi connectivity index (χ0n) is 26.2. The molecule has 4 aliphatic carbocycles. The van der Waals surface area contributed by atoms with Crippen molar-refractivity contribution >= 4 is 23.5 Å². The highest BCUT2D eigenvalue weighted by Crippen LogP contribution is 2.66. The van der Waals surface area contributed by atoms with Crippen molar-refractivity contribution in [2.24, 2.45) is 28.6 Å². The molecule has 9 nitrogen and oxygen atoms in total. The van der Waals surface area contributed by atoms with Gasteiger partial charge in [-0.15, -0.1) is 0 Å². The highest BCUT2D eigenvalue weighted by Gasteiger charge is 2.57. The molecule has 3 N–H and O–H groups in total. The van der Waals surface area contributed by atoms with Crippen LogP contribution in [0.1, 0.15) is 85.1 Å². The Hall–Kier alpha value is -3.20. The van der Waals surface area contributed by atoms with Crippen molar-refractivity contribution < 1.29 is 29.0 Å². The molecule has 0 unspecified atom stereocenters. The molecule has 9 heteroatoms. The number of aliphatic hydroxyl groups is 1. The van der Waals surface area contributed by atoms with Gasteiger partial charge in [-0.25, -0.2) is 4.79 Å². The molecule has 2 saturated carbocycles. The van der Waals surface area contributed by atoms with Gasteiger partial charge in [0.05, 0.1) is 6.61 Å². The largest absolute Gasteiger partial charge is 0.461 e. The fraction of sp³-hybridized carbons (Fsp3) is 0.647. The third kappa shape index (κ3) is 6.37. The Kier molecular flexibility index (Phi) is 8.76. The number of carbonyl (C=O) groups is 3. The molecule has 7 atom stereocenters. The second-order valence-corrected chi connectivity index (χ2v) is 14.3. The minimum absolute atomic E-state index is 0.111. The van der Waals surface area contributed by atoms with Crippen LogP contribution in [0, 0.1) is 28.6 Å². The molecule has 43 heavy (non-hydrogen) atoms. The number of nitrogens with one attached hydrogen (secondary N) is 2. The fourth-order valence-electron chi connectivity index (χ4n) is 8.42. The number of alkyl carbamates (subject to hydrolysis) is 1. The number of pyridine rings is 1. The van der Waals surface area contributed by atoms with Gasteiger partial charge in [-0.05, 0) is 105 Å². The van der Waals surface area contributed by atoms with E-state index in [0.717, 1.165) is 32.1 Å². The lowest BCUT2D eigenvalue weighted by Crippen LogP contribution is -2.51. The lowest BCUT2D eigenvalue weighted by atomic mass is 9.47. The third-order valence-electron chi connectivity index (χ3n) is 10.5. The van der Waals surface area contributed by atoms with Crippen molar-refractivity contribution in [2.45, 2.75) is 97.3 Å². The van der Waals surface area contributed by atoms with Gasteiger partial charge < -0.3 is 25.2 Å². The van der Waals surface area contributed by atoms with E-state index in [2.05, 4.69) is 47.7 Å². The van der Waals surface area contributed by atoms with Gasteiger partial charge in [0.15, 0.2) is 0 Å². The number of fused-ring (bicyclic) bond motifs is 5. The number of aromatic nitrogens is 1. The van der Waals surface area contributed by atoms with Gasteiger partial charge >= 0.3 is 12.1 Å². The van der Waals surface area contributed by atoms with Gasteiger partial charge in [0.25, 0.3) is 0 Å². The summed E-state index contributed by atoms with van der Waals surface area (Å²) >= 11 is 0. The van der Waals surface area contributed by atoms with Crippen LogP contribution >= 0.6 is 0 Å². The lowest BCUT2D eigenvalue weighted by Gasteiger charge is -2.57. The number of amides is 2. The molecule has 4 aliphatic rings. The average molecular weight is 594 g/mol. The zero-order valence-corrected chi connectivity index (χ0v) is 26.2. The summed E-state index contributed by atoms with van der Waals surface area (Å²) in [5.74, 6) is 0.679. The Bertz CT molecular complexity index is 1290. The molecule has 2 amide bonds. The topological polar surface area (TPSA) is 127 Å². The van der Waals surface area contributed by atoms with Crippen LogP contribution in [0.5, 0.6) is 0 Å². The second kappa shape index (κ2) is 12.1. The molecule has 1 aromatic heterocycles. The summed E-state index contributed by atoms with van der Waals surface area (Å²) in [7, 11) is 0. The predicted molar refractivity (Wildman–Crippen MR) is 162 cm³/mol. The molecule has 2 fully saturated rings. The first-order valence-corrected chi connectivity index (χ1v) is 15.7. The summed E-state index contributed by atoms with van der Waals surface area (Å²) in [5.41, 5.74) is 3.68. The number of ether oxygens (including phenoxy) is 2. The number of carbonyl (C=O) groups excluding carboxylic acids is 3. The number of aliphatic hydroxyl groups excluding tert-OH is 1. The monoisotopic (exact) mass is 593 g/mol. The number of nitrogens with zero attached hydrogens (tertiary/aromatic N) is 1. The van der Waals surface area contributed by atoms with E-state index in [4.69, 9.17) is 9.47 Å². The van der Waals surface area contributed by atoms with Gasteiger partial charge in [-0.3, -0.25) is 14.6 Å². The Morgan fingerprint density at radius 1 is 1.09 bits per heavy atom. The SMILES string of the molecule is CC(C)(C)OC(=O)N[C@@H](CO)C(=O)NCC(=O)O[C@H]1CC[C@@]2(C)C(=CC[C@@H]3[C@@H]2CC[C@]2(C)C(c4cccnc4)=CC[C@@H]32)C1. The summed E-state index contributed by atoms with van der Waals surface area (Å²) in [4.78, 5) is 41.5. The van der Waals surface area contributed by atoms with Crippen molar-refractivity contribution in [1.82, 2.24) is 15.6 Å². The molecule has 0 bridgehead atoms. The van der Waals surface area contributed by atoms with E-state index in [-0.39, 0.29) is 23.5 Å². The molecule has 1 heterocycles. The number of rotatable bonds is 7. The van der Waals surface area contributed by atoms with E-state index in [1.165, 1.54) is 29.6 Å². The summed E-state index contributed by atoms with van der Waals surface area (Å²) in [6, 6.07) is 2.99. The maximum atomic E-state index is 12.7. The minimum atomic E-state index is -1.23. The highest BCUT2D eigenvalue weighted by molar-refractivity contribution is 5.88. The molecule has 5 rings (SSSR count). The molecule has 0 aromatic carbocycles. The van der Waals surface area contributed by atoms with Crippen LogP contribution in [0.4, 0.5) is 4.79 Å². The average Bonchev–Trinajstić information content (AvgIpc) is 3.31. The van der Waals surface area contributed by atoms with Crippen LogP contribution < -0.4 is 10.6 Å². The van der Waals surface area contributed by atoms with Crippen molar-refractivity contribution in [1.29, 1.82) is 0 Å². The molecule has 0 radical (unpaired) electrons. The van der Waals surface area contributed by atoms with Crippen molar-refractivity contribution in [2.75, 3.05) is 13.2 Å². The van der Waals surface area contributed by atoms with Crippen LogP contribution in [0.15, 0.2) is 42.3 Å². The third-order valence-corrected chi connectivity index (χ3v) is 10.5. The molecule has 0 aliphatic heterocycles. The Morgan fingerprint density at radius 3 is 2.56 bits per heavy atom. The van der Waals surface area contributed by atoms with Crippen LogP contribution in [-0.2, 0) is 19.1 Å². The zero-order chi connectivity index (χ0) is 31.0. The standard InChI is InChI=1S/C34H47N3O6/c1-32(2,3)43-31(41)37-28(20-38)30(40)36-19-29(39)42-23-12-14-33(4)22(17-23)8-9-24-26-11-10-25(21-7-6-16-35-18-21)34(26,5)15-13-27(24)33/h6-8,10,16,18,23-24,26-28,38H,9,11-15,17,19-20H2,1-5H3,(H,36,40)(H,37,41)/t23-,24-,26-,27-,28-,33-,34+/m0/s1. The normalized spacial score (nSPS) is 32.1. The summed E-state index contributed by atoms with van der Waals surface area (Å²) < 4.78 is 10.9. The maximum Gasteiger partial charge on any atom is 0.408 e. The van der Waals surface area contributed by atoms with E-state index < -0.39 is 36.2 Å². The van der Waals surface area contributed by atoms with Crippen LogP contribution in [0.25, 0.3) is 5.57 Å². The first kappa shape index (κ1) is 31.2. The van der Waals surface area contributed by atoms with Crippen LogP contribution in [0.3, 0.4) is 0 Å². The minimum Gasteiger partial charge on any atom is -0.461 e. The van der Waals surface area contributed by atoms with E-state index in [0.29, 0.717) is 17.8 Å². The van der Waals surface area contributed by atoms with Crippen LogP contribution in [0.2, 0.25) is 0 Å². The van der Waals surface area contributed by atoms with Crippen molar-refractivity contribution in [3.63, 3.8) is 0 Å². The van der Waals surface area contributed by atoms with Gasteiger partial charge in [0.1, 0.15) is 24.3 Å². The number of hydrogen-bond donors (Lipinski definition) is 3. The van der Waals surface area contributed by atoms with E-state index >= 15 is 0 Å². The van der Waals surface area contributed by atoms with Gasteiger partial charge in [-0.1, -0.05) is 37.6 Å². The second-order valence-electron chi connectivity index (χ2n) is 14.3. The maximum absolute atomic E-state index is 12.7. The Balaban J connectivity index is 1.15. The number of hydrogen-bond acceptors (Lipinski definition) is 7. The van der Waals surface area contributed by atoms with Gasteiger partial charge in [0, 0.05) is 18.8 Å². The molecular formula is C34H47N3O6. The van der Waals surface area contributed by atoms with Crippen molar-refractivity contribution in [3.05, 3.63) is 47.8 Å². The Labute approximate surface area is 254 Å². The quantitative estimate of drug-likeness (QED) is 0.302. The summed E-state index contributed by atoms with van der Waals surface area (Å²) in [5, 5.41) is 14.3. The summed E-state index contributed by atoms with van der Waals surface area (Å²) in [6.45, 7) is 9.02. The first-order chi connectivity index (χ1) is 20.3. The summed E-state index contributed by atoms with van der Waals surface area (Å²) in [6.07, 6.45) is 14.7. The predicted octanol–water partition coefficient (Wildman–Crippen LogP) is 4.95. The van der Waals surface area contributed by atoms with E-state index in [9.17, 15) is 19.5 Å². The lowest BCUT2D eigenvalue weighted by molar-refractivity contribution is -0.151. The number of allylic oxidation sites excluding steroid dienone is 3.